The van der Waals surface area contributed by atoms with E-state index < -0.39 is 0 Å². The molecule has 0 saturated carbocycles. The third kappa shape index (κ3) is 3.59. The summed E-state index contributed by atoms with van der Waals surface area (Å²) in [6.45, 7) is 4.41. The molecule has 2 heterocycles. The van der Waals surface area contributed by atoms with Crippen LogP contribution >= 0.6 is 0 Å². The molecule has 1 aliphatic rings. The average molecular weight is 312 g/mol. The Hall–Kier alpha value is -2.63. The van der Waals surface area contributed by atoms with Crippen molar-refractivity contribution < 1.29 is 9.53 Å². The fourth-order valence-corrected chi connectivity index (χ4v) is 2.56. The molecule has 0 aliphatic carbocycles. The zero-order chi connectivity index (χ0) is 16.1. The number of rotatable bonds is 5. The van der Waals surface area contributed by atoms with Crippen LogP contribution in [-0.4, -0.2) is 35.6 Å². The molecule has 2 aromatic rings. The van der Waals surface area contributed by atoms with Gasteiger partial charge in [-0.05, 0) is 31.9 Å². The van der Waals surface area contributed by atoms with Gasteiger partial charge in [0.05, 0.1) is 17.9 Å². The van der Waals surface area contributed by atoms with Crippen molar-refractivity contribution in [3.8, 4) is 5.75 Å². The zero-order valence-electron chi connectivity index (χ0n) is 13.2. The Morgan fingerprint density at radius 1 is 1.22 bits per heavy atom. The average Bonchev–Trinajstić information content (AvgIpc) is 3.11. The van der Waals surface area contributed by atoms with Gasteiger partial charge in [0.2, 0.25) is 5.95 Å². The summed E-state index contributed by atoms with van der Waals surface area (Å²) in [6.07, 6.45) is 5.47. The Kier molecular flexibility index (Phi) is 4.71. The standard InChI is InChI=1S/C17H20N4O2/c1-2-23-15-8-4-3-7-14(15)20-16(22)13-11-18-17(19-12-13)21-9-5-6-10-21/h3-4,7-8,11-12H,2,5-6,9-10H2,1H3,(H,20,22). The lowest BCUT2D eigenvalue weighted by atomic mass is 10.2. The van der Waals surface area contributed by atoms with E-state index in [9.17, 15) is 4.79 Å². The van der Waals surface area contributed by atoms with Crippen LogP contribution in [0.4, 0.5) is 11.6 Å². The van der Waals surface area contributed by atoms with Gasteiger partial charge in [-0.3, -0.25) is 4.79 Å². The van der Waals surface area contributed by atoms with Crippen LogP contribution in [0.3, 0.4) is 0 Å². The zero-order valence-corrected chi connectivity index (χ0v) is 13.2. The van der Waals surface area contributed by atoms with Gasteiger partial charge in [0, 0.05) is 25.5 Å². The van der Waals surface area contributed by atoms with E-state index in [1.165, 1.54) is 12.8 Å². The molecule has 120 valence electrons. The molecule has 0 radical (unpaired) electrons. The Bertz CT molecular complexity index is 667. The maximum Gasteiger partial charge on any atom is 0.258 e. The van der Waals surface area contributed by atoms with E-state index >= 15 is 0 Å². The van der Waals surface area contributed by atoms with Crippen molar-refractivity contribution in [2.24, 2.45) is 0 Å². The topological polar surface area (TPSA) is 67.3 Å². The number of para-hydroxylation sites is 2. The number of hydrogen-bond donors (Lipinski definition) is 1. The molecule has 1 N–H and O–H groups in total. The van der Waals surface area contributed by atoms with Crippen molar-refractivity contribution in [3.63, 3.8) is 0 Å². The fourth-order valence-electron chi connectivity index (χ4n) is 2.56. The molecular weight excluding hydrogens is 292 g/mol. The maximum atomic E-state index is 12.3. The summed E-state index contributed by atoms with van der Waals surface area (Å²) < 4.78 is 5.51. The highest BCUT2D eigenvalue weighted by Gasteiger charge is 2.16. The molecule has 0 bridgehead atoms. The van der Waals surface area contributed by atoms with Gasteiger partial charge in [-0.2, -0.15) is 0 Å². The molecule has 6 nitrogen and oxygen atoms in total. The van der Waals surface area contributed by atoms with Crippen molar-refractivity contribution in [2.75, 3.05) is 29.9 Å². The van der Waals surface area contributed by atoms with Gasteiger partial charge < -0.3 is 15.0 Å². The fraction of sp³-hybridized carbons (Fsp3) is 0.353. The van der Waals surface area contributed by atoms with E-state index in [0.717, 1.165) is 13.1 Å². The lowest BCUT2D eigenvalue weighted by Gasteiger charge is -2.15. The van der Waals surface area contributed by atoms with Gasteiger partial charge in [-0.25, -0.2) is 9.97 Å². The molecule has 0 spiro atoms. The number of anilines is 2. The molecule has 1 fully saturated rings. The third-order valence-corrected chi connectivity index (χ3v) is 3.72. The predicted molar refractivity (Wildman–Crippen MR) is 89.0 cm³/mol. The maximum absolute atomic E-state index is 12.3. The summed E-state index contributed by atoms with van der Waals surface area (Å²) in [7, 11) is 0. The molecule has 0 unspecified atom stereocenters. The first kappa shape index (κ1) is 15.3. The molecule has 1 amide bonds. The van der Waals surface area contributed by atoms with Gasteiger partial charge in [0.25, 0.3) is 5.91 Å². The van der Waals surface area contributed by atoms with E-state index in [2.05, 4.69) is 20.2 Å². The Labute approximate surface area is 135 Å². The summed E-state index contributed by atoms with van der Waals surface area (Å²) >= 11 is 0. The number of aromatic nitrogens is 2. The Morgan fingerprint density at radius 2 is 1.91 bits per heavy atom. The molecule has 1 aromatic heterocycles. The minimum absolute atomic E-state index is 0.245. The highest BCUT2D eigenvalue weighted by Crippen LogP contribution is 2.24. The molecule has 1 saturated heterocycles. The number of ether oxygens (including phenoxy) is 1. The van der Waals surface area contributed by atoms with Crippen LogP contribution < -0.4 is 15.0 Å². The van der Waals surface area contributed by atoms with Gasteiger partial charge in [0.15, 0.2) is 0 Å². The normalized spacial score (nSPS) is 13.9. The molecular formula is C17H20N4O2. The van der Waals surface area contributed by atoms with Crippen LogP contribution in [0.15, 0.2) is 36.7 Å². The first-order valence-electron chi connectivity index (χ1n) is 7.88. The number of nitrogens with one attached hydrogen (secondary N) is 1. The summed E-state index contributed by atoms with van der Waals surface area (Å²) in [5.74, 6) is 1.09. The Balaban J connectivity index is 1.71. The number of nitrogens with zero attached hydrogens (tertiary/aromatic N) is 3. The lowest BCUT2D eigenvalue weighted by Crippen LogP contribution is -2.21. The first-order chi connectivity index (χ1) is 11.3. The van der Waals surface area contributed by atoms with Crippen molar-refractivity contribution in [2.45, 2.75) is 19.8 Å². The Morgan fingerprint density at radius 3 is 2.61 bits per heavy atom. The predicted octanol–water partition coefficient (Wildman–Crippen LogP) is 2.73. The second-order valence-corrected chi connectivity index (χ2v) is 5.35. The summed E-state index contributed by atoms with van der Waals surface area (Å²) in [4.78, 5) is 23.1. The van der Waals surface area contributed by atoms with E-state index in [0.29, 0.717) is 29.6 Å². The number of carbonyl (C=O) groups is 1. The number of amides is 1. The summed E-state index contributed by atoms with van der Waals surface area (Å²) in [6, 6.07) is 7.36. The van der Waals surface area contributed by atoms with Crippen molar-refractivity contribution in [3.05, 3.63) is 42.2 Å². The van der Waals surface area contributed by atoms with Gasteiger partial charge in [-0.1, -0.05) is 12.1 Å². The van der Waals surface area contributed by atoms with Crippen LogP contribution in [0.2, 0.25) is 0 Å². The molecule has 0 atom stereocenters. The minimum Gasteiger partial charge on any atom is -0.492 e. The minimum atomic E-state index is -0.245. The second kappa shape index (κ2) is 7.09. The number of benzene rings is 1. The monoisotopic (exact) mass is 312 g/mol. The highest BCUT2D eigenvalue weighted by molar-refractivity contribution is 6.04. The van der Waals surface area contributed by atoms with Gasteiger partial charge in [-0.15, -0.1) is 0 Å². The molecule has 23 heavy (non-hydrogen) atoms. The van der Waals surface area contributed by atoms with Gasteiger partial charge in [0.1, 0.15) is 5.75 Å². The van der Waals surface area contributed by atoms with E-state index in [1.807, 2.05) is 31.2 Å². The number of carbonyl (C=O) groups excluding carboxylic acids is 1. The SMILES string of the molecule is CCOc1ccccc1NC(=O)c1cnc(N2CCCC2)nc1. The highest BCUT2D eigenvalue weighted by atomic mass is 16.5. The third-order valence-electron chi connectivity index (χ3n) is 3.72. The van der Waals surface area contributed by atoms with Crippen molar-refractivity contribution in [1.82, 2.24) is 9.97 Å². The van der Waals surface area contributed by atoms with Crippen molar-refractivity contribution >= 4 is 17.5 Å². The van der Waals surface area contributed by atoms with Gasteiger partial charge >= 0.3 is 0 Å². The van der Waals surface area contributed by atoms with Crippen LogP contribution in [0.5, 0.6) is 5.75 Å². The number of hydrogen-bond acceptors (Lipinski definition) is 5. The van der Waals surface area contributed by atoms with E-state index in [1.54, 1.807) is 12.4 Å². The van der Waals surface area contributed by atoms with Crippen LogP contribution in [0.1, 0.15) is 30.1 Å². The molecule has 6 heteroatoms. The van der Waals surface area contributed by atoms with Crippen LogP contribution in [0.25, 0.3) is 0 Å². The summed E-state index contributed by atoms with van der Waals surface area (Å²) in [5, 5.41) is 2.84. The van der Waals surface area contributed by atoms with E-state index in [4.69, 9.17) is 4.74 Å². The smallest absolute Gasteiger partial charge is 0.258 e. The largest absolute Gasteiger partial charge is 0.492 e. The lowest BCUT2D eigenvalue weighted by molar-refractivity contribution is 0.102. The quantitative estimate of drug-likeness (QED) is 0.919. The second-order valence-electron chi connectivity index (χ2n) is 5.35. The van der Waals surface area contributed by atoms with Crippen LogP contribution in [0, 0.1) is 0 Å². The van der Waals surface area contributed by atoms with Crippen molar-refractivity contribution in [1.29, 1.82) is 0 Å². The summed E-state index contributed by atoms with van der Waals surface area (Å²) in [5.41, 5.74) is 1.07. The first-order valence-corrected chi connectivity index (χ1v) is 7.88. The van der Waals surface area contributed by atoms with E-state index in [-0.39, 0.29) is 5.91 Å². The molecule has 1 aromatic carbocycles. The molecule has 1 aliphatic heterocycles. The van der Waals surface area contributed by atoms with Crippen LogP contribution in [-0.2, 0) is 0 Å². The molecule has 3 rings (SSSR count).